The van der Waals surface area contributed by atoms with Crippen molar-refractivity contribution in [3.8, 4) is 0 Å². The number of nitrogens with zero attached hydrogens (tertiary/aromatic N) is 1. The van der Waals surface area contributed by atoms with Crippen molar-refractivity contribution in [1.29, 1.82) is 0 Å². The topological polar surface area (TPSA) is 72.3 Å². The Hall–Kier alpha value is -1.13. The van der Waals surface area contributed by atoms with E-state index >= 15 is 0 Å². The van der Waals surface area contributed by atoms with Crippen LogP contribution < -0.4 is 16.4 Å². The van der Waals surface area contributed by atoms with E-state index in [1.165, 1.54) is 0 Å². The van der Waals surface area contributed by atoms with Crippen LogP contribution >= 0.6 is 23.2 Å². The Morgan fingerprint density at radius 3 is 2.25 bits per heavy atom. The lowest BCUT2D eigenvalue weighted by Crippen LogP contribution is -2.34. The number of halogens is 2. The summed E-state index contributed by atoms with van der Waals surface area (Å²) >= 11 is 12.1. The predicted molar refractivity (Wildman–Crippen MR) is 68.0 cm³/mol. The first-order valence-electron chi connectivity index (χ1n) is 4.73. The maximum Gasteiger partial charge on any atom is 0.236 e. The van der Waals surface area contributed by atoms with E-state index in [1.807, 2.05) is 6.92 Å². The van der Waals surface area contributed by atoms with Crippen LogP contribution in [0.25, 0.3) is 0 Å². The van der Waals surface area contributed by atoms with E-state index < -0.39 is 5.91 Å². The van der Waals surface area contributed by atoms with Gasteiger partial charge in [-0.2, -0.15) is 0 Å². The van der Waals surface area contributed by atoms with Crippen molar-refractivity contribution in [1.82, 2.24) is 0 Å². The van der Waals surface area contributed by atoms with E-state index in [0.717, 1.165) is 0 Å². The number of carbonyl (C=O) groups is 1. The second kappa shape index (κ2) is 5.27. The third-order valence-corrected chi connectivity index (χ3v) is 2.66. The lowest BCUT2D eigenvalue weighted by atomic mass is 10.2. The number of amides is 1. The van der Waals surface area contributed by atoms with Crippen molar-refractivity contribution >= 4 is 40.5 Å². The van der Waals surface area contributed by atoms with Gasteiger partial charge in [0.05, 0.1) is 22.3 Å². The summed E-state index contributed by atoms with van der Waals surface area (Å²) in [4.78, 5) is 12.6. The summed E-state index contributed by atoms with van der Waals surface area (Å²) in [6.45, 7) is 2.53. The van der Waals surface area contributed by atoms with Crippen LogP contribution in [-0.2, 0) is 4.79 Å². The second-order valence-corrected chi connectivity index (χ2v) is 4.13. The Kier molecular flexibility index (Phi) is 4.26. The number of carbonyl (C=O) groups excluding carboxylic acids is 1. The minimum Gasteiger partial charge on any atom is -0.399 e. The number of likely N-dealkylation sites (N-methyl/N-ethyl adjacent to an activating group) is 1. The quantitative estimate of drug-likeness (QED) is 0.814. The van der Waals surface area contributed by atoms with Crippen LogP contribution in [-0.4, -0.2) is 19.0 Å². The fraction of sp³-hybridized carbons (Fsp3) is 0.300. The van der Waals surface area contributed by atoms with E-state index in [4.69, 9.17) is 34.7 Å². The summed E-state index contributed by atoms with van der Waals surface area (Å²) in [5.74, 6) is -0.439. The van der Waals surface area contributed by atoms with Gasteiger partial charge in [0, 0.05) is 12.2 Å². The molecule has 1 amide bonds. The largest absolute Gasteiger partial charge is 0.399 e. The number of benzene rings is 1. The van der Waals surface area contributed by atoms with Gasteiger partial charge < -0.3 is 16.4 Å². The van der Waals surface area contributed by atoms with Crippen LogP contribution in [0, 0.1) is 0 Å². The minimum absolute atomic E-state index is 0.0693. The highest BCUT2D eigenvalue weighted by Crippen LogP contribution is 2.35. The average molecular weight is 262 g/mol. The molecule has 4 N–H and O–H groups in total. The molecule has 0 aliphatic carbocycles. The van der Waals surface area contributed by atoms with Crippen molar-refractivity contribution in [3.05, 3.63) is 22.2 Å². The molecule has 0 fully saturated rings. The van der Waals surface area contributed by atoms with E-state index in [-0.39, 0.29) is 6.54 Å². The lowest BCUT2D eigenvalue weighted by Gasteiger charge is -2.23. The Morgan fingerprint density at radius 2 is 1.88 bits per heavy atom. The molecule has 4 nitrogen and oxygen atoms in total. The van der Waals surface area contributed by atoms with Crippen LogP contribution in [0.2, 0.25) is 10.0 Å². The van der Waals surface area contributed by atoms with Crippen molar-refractivity contribution in [2.24, 2.45) is 5.73 Å². The van der Waals surface area contributed by atoms with Gasteiger partial charge in [0.15, 0.2) is 0 Å². The van der Waals surface area contributed by atoms with Gasteiger partial charge in [-0.1, -0.05) is 23.2 Å². The third-order valence-electron chi connectivity index (χ3n) is 2.08. The van der Waals surface area contributed by atoms with Crippen LogP contribution in [0.5, 0.6) is 0 Å². The van der Waals surface area contributed by atoms with Crippen molar-refractivity contribution in [3.63, 3.8) is 0 Å². The van der Waals surface area contributed by atoms with Gasteiger partial charge in [-0.25, -0.2) is 0 Å². The number of primary amides is 1. The van der Waals surface area contributed by atoms with E-state index in [2.05, 4.69) is 0 Å². The molecule has 0 spiro atoms. The summed E-state index contributed by atoms with van der Waals surface area (Å²) in [5, 5.41) is 0.821. The Bertz CT molecular complexity index is 386. The van der Waals surface area contributed by atoms with Gasteiger partial charge >= 0.3 is 0 Å². The Labute approximate surface area is 104 Å². The molecule has 1 aromatic carbocycles. The van der Waals surface area contributed by atoms with Crippen LogP contribution in [0.4, 0.5) is 11.4 Å². The van der Waals surface area contributed by atoms with E-state index in [0.29, 0.717) is 28.0 Å². The number of nitrogen functional groups attached to an aromatic ring is 1. The molecule has 0 saturated heterocycles. The van der Waals surface area contributed by atoms with Gasteiger partial charge in [-0.3, -0.25) is 4.79 Å². The zero-order chi connectivity index (χ0) is 12.3. The van der Waals surface area contributed by atoms with Crippen LogP contribution in [0.15, 0.2) is 12.1 Å². The predicted octanol–water partition coefficient (Wildman–Crippen LogP) is 1.89. The van der Waals surface area contributed by atoms with Gasteiger partial charge in [0.2, 0.25) is 5.91 Å². The highest BCUT2D eigenvalue weighted by molar-refractivity contribution is 6.39. The lowest BCUT2D eigenvalue weighted by molar-refractivity contribution is -0.116. The molecule has 1 rings (SSSR count). The van der Waals surface area contributed by atoms with E-state index in [1.54, 1.807) is 17.0 Å². The number of anilines is 2. The number of hydrogen-bond donors (Lipinski definition) is 2. The second-order valence-electron chi connectivity index (χ2n) is 3.31. The number of hydrogen-bond acceptors (Lipinski definition) is 3. The molecule has 1 aromatic rings. The van der Waals surface area contributed by atoms with Gasteiger partial charge in [0.25, 0.3) is 0 Å². The smallest absolute Gasteiger partial charge is 0.236 e. The highest BCUT2D eigenvalue weighted by atomic mass is 35.5. The molecule has 0 aromatic heterocycles. The molecule has 0 aliphatic heterocycles. The molecule has 0 bridgehead atoms. The zero-order valence-electron chi connectivity index (χ0n) is 8.84. The van der Waals surface area contributed by atoms with Crippen molar-refractivity contribution in [2.45, 2.75) is 6.92 Å². The number of rotatable bonds is 4. The van der Waals surface area contributed by atoms with E-state index in [9.17, 15) is 4.79 Å². The van der Waals surface area contributed by atoms with Crippen LogP contribution in [0.3, 0.4) is 0 Å². The molecule has 16 heavy (non-hydrogen) atoms. The monoisotopic (exact) mass is 261 g/mol. The summed E-state index contributed by atoms with van der Waals surface area (Å²) in [5.41, 5.74) is 11.8. The molecule has 6 heteroatoms. The molecule has 0 atom stereocenters. The highest BCUT2D eigenvalue weighted by Gasteiger charge is 2.15. The number of nitrogens with two attached hydrogens (primary N) is 2. The first-order chi connectivity index (χ1) is 7.45. The normalized spacial score (nSPS) is 10.2. The zero-order valence-corrected chi connectivity index (χ0v) is 10.3. The molecule has 0 saturated carbocycles. The summed E-state index contributed by atoms with van der Waals surface area (Å²) in [6.07, 6.45) is 0. The molecule has 0 aliphatic rings. The molecular weight excluding hydrogens is 249 g/mol. The fourth-order valence-electron chi connectivity index (χ4n) is 1.42. The van der Waals surface area contributed by atoms with Gasteiger partial charge in [-0.05, 0) is 19.1 Å². The Balaban J connectivity index is 3.14. The molecule has 88 valence electrons. The summed E-state index contributed by atoms with van der Waals surface area (Å²) in [6, 6.07) is 3.18. The Morgan fingerprint density at radius 1 is 1.38 bits per heavy atom. The van der Waals surface area contributed by atoms with Crippen molar-refractivity contribution in [2.75, 3.05) is 23.7 Å². The van der Waals surface area contributed by atoms with Crippen LogP contribution in [0.1, 0.15) is 6.92 Å². The third kappa shape index (κ3) is 2.93. The summed E-state index contributed by atoms with van der Waals surface area (Å²) in [7, 11) is 0. The minimum atomic E-state index is -0.439. The standard InChI is InChI=1S/C10H13Cl2N3O/c1-2-15(5-9(14)16)10-7(11)3-6(13)4-8(10)12/h3-4H,2,5,13H2,1H3,(H2,14,16). The molecule has 0 radical (unpaired) electrons. The van der Waals surface area contributed by atoms with Gasteiger partial charge in [0.1, 0.15) is 0 Å². The maximum absolute atomic E-state index is 10.9. The first-order valence-corrected chi connectivity index (χ1v) is 5.49. The van der Waals surface area contributed by atoms with Gasteiger partial charge in [-0.15, -0.1) is 0 Å². The maximum atomic E-state index is 10.9. The first kappa shape index (κ1) is 12.9. The molecule has 0 unspecified atom stereocenters. The van der Waals surface area contributed by atoms with Crippen molar-refractivity contribution < 1.29 is 4.79 Å². The molecule has 0 heterocycles. The fourth-order valence-corrected chi connectivity index (χ4v) is 2.17. The SMILES string of the molecule is CCN(CC(N)=O)c1c(Cl)cc(N)cc1Cl. The molecular formula is C10H13Cl2N3O. The average Bonchev–Trinajstić information content (AvgIpc) is 2.13. The summed E-state index contributed by atoms with van der Waals surface area (Å²) < 4.78 is 0.